The van der Waals surface area contributed by atoms with Crippen molar-refractivity contribution in [2.24, 2.45) is 0 Å². The highest BCUT2D eigenvalue weighted by atomic mass is 16.5. The second kappa shape index (κ2) is 4.53. The monoisotopic (exact) mass is 233 g/mol. The minimum atomic E-state index is 0.420. The average Bonchev–Trinajstić information content (AvgIpc) is 2.87. The molecule has 1 saturated carbocycles. The van der Waals surface area contributed by atoms with Gasteiger partial charge >= 0.3 is 0 Å². The zero-order chi connectivity index (χ0) is 11.7. The van der Waals surface area contributed by atoms with Crippen LogP contribution in [0.25, 0.3) is 0 Å². The maximum absolute atomic E-state index is 5.83. The minimum absolute atomic E-state index is 0.420. The maximum Gasteiger partial charge on any atom is 0.131 e. The van der Waals surface area contributed by atoms with Crippen LogP contribution >= 0.6 is 0 Å². The second-order valence-electron chi connectivity index (χ2n) is 4.73. The lowest BCUT2D eigenvalue weighted by Gasteiger charge is -2.38. The van der Waals surface area contributed by atoms with Crippen LogP contribution in [0.1, 0.15) is 19.3 Å². The molecule has 0 bridgehead atoms. The summed E-state index contributed by atoms with van der Waals surface area (Å²) in [6.45, 7) is 1.79. The molecule has 0 spiro atoms. The Kier molecular flexibility index (Phi) is 2.89. The lowest BCUT2D eigenvalue weighted by Crippen LogP contribution is -2.49. The van der Waals surface area contributed by atoms with E-state index in [9.17, 15) is 0 Å². The lowest BCUT2D eigenvalue weighted by atomic mass is 10.1. The third-order valence-electron chi connectivity index (χ3n) is 3.77. The van der Waals surface area contributed by atoms with Crippen molar-refractivity contribution in [1.82, 2.24) is 4.98 Å². The third kappa shape index (κ3) is 1.97. The van der Waals surface area contributed by atoms with Gasteiger partial charge in [-0.05, 0) is 31.4 Å². The Morgan fingerprint density at radius 3 is 3.24 bits per heavy atom. The van der Waals surface area contributed by atoms with Crippen LogP contribution in [0, 0.1) is 0 Å². The molecule has 0 aromatic carbocycles. The van der Waals surface area contributed by atoms with E-state index in [4.69, 9.17) is 4.74 Å². The van der Waals surface area contributed by atoms with E-state index in [1.165, 1.54) is 19.3 Å². The molecular formula is C13H19N3O. The van der Waals surface area contributed by atoms with Gasteiger partial charge in [-0.3, -0.25) is 0 Å². The Bertz CT molecular complexity index is 396. The van der Waals surface area contributed by atoms with Gasteiger partial charge in [-0.2, -0.15) is 0 Å². The predicted octanol–water partition coefficient (Wildman–Crippen LogP) is 1.88. The summed E-state index contributed by atoms with van der Waals surface area (Å²) in [5.74, 6) is 2.01. The normalized spacial score (nSPS) is 27.9. The summed E-state index contributed by atoms with van der Waals surface area (Å²) in [6, 6.07) is 6.69. The van der Waals surface area contributed by atoms with Gasteiger partial charge in [0.25, 0.3) is 0 Å². The number of fused-ring (bicyclic) bond motifs is 1. The van der Waals surface area contributed by atoms with Gasteiger partial charge in [0.05, 0.1) is 18.8 Å². The van der Waals surface area contributed by atoms with Crippen molar-refractivity contribution in [2.45, 2.75) is 31.4 Å². The number of nitrogens with zero attached hydrogens (tertiary/aromatic N) is 2. The number of pyridine rings is 1. The number of hydrogen-bond donors (Lipinski definition) is 1. The Morgan fingerprint density at radius 1 is 1.41 bits per heavy atom. The summed E-state index contributed by atoms with van der Waals surface area (Å²) in [5.41, 5.74) is 0. The molecule has 3 rings (SSSR count). The quantitative estimate of drug-likeness (QED) is 0.846. The molecule has 0 amide bonds. The second-order valence-corrected chi connectivity index (χ2v) is 4.73. The van der Waals surface area contributed by atoms with Crippen molar-refractivity contribution in [2.75, 3.05) is 30.4 Å². The SMILES string of the molecule is CNc1cccc(N2CCOC3CCCC32)n1. The van der Waals surface area contributed by atoms with Crippen molar-refractivity contribution < 1.29 is 4.74 Å². The number of anilines is 2. The minimum Gasteiger partial charge on any atom is -0.374 e. The molecule has 1 saturated heterocycles. The first kappa shape index (κ1) is 10.8. The smallest absolute Gasteiger partial charge is 0.131 e. The fourth-order valence-corrected chi connectivity index (χ4v) is 2.93. The van der Waals surface area contributed by atoms with Gasteiger partial charge in [-0.25, -0.2) is 4.98 Å². The molecule has 1 aromatic rings. The molecule has 2 fully saturated rings. The summed E-state index contributed by atoms with van der Waals surface area (Å²) in [5, 5.41) is 3.10. The molecular weight excluding hydrogens is 214 g/mol. The molecule has 4 heteroatoms. The molecule has 1 aliphatic carbocycles. The maximum atomic E-state index is 5.83. The first-order chi connectivity index (χ1) is 8.38. The summed E-state index contributed by atoms with van der Waals surface area (Å²) in [7, 11) is 1.91. The molecule has 17 heavy (non-hydrogen) atoms. The van der Waals surface area contributed by atoms with E-state index < -0.39 is 0 Å². The fraction of sp³-hybridized carbons (Fsp3) is 0.615. The number of aromatic nitrogens is 1. The number of nitrogens with one attached hydrogen (secondary N) is 1. The van der Waals surface area contributed by atoms with E-state index in [0.29, 0.717) is 12.1 Å². The van der Waals surface area contributed by atoms with Crippen LogP contribution in [0.15, 0.2) is 18.2 Å². The van der Waals surface area contributed by atoms with Gasteiger partial charge < -0.3 is 15.0 Å². The van der Waals surface area contributed by atoms with Crippen LogP contribution in [0.4, 0.5) is 11.6 Å². The van der Waals surface area contributed by atoms with E-state index in [0.717, 1.165) is 24.8 Å². The van der Waals surface area contributed by atoms with Crippen LogP contribution in [0.3, 0.4) is 0 Å². The summed E-state index contributed by atoms with van der Waals surface area (Å²) in [4.78, 5) is 7.05. The molecule has 0 radical (unpaired) electrons. The highest BCUT2D eigenvalue weighted by Gasteiger charge is 2.36. The van der Waals surface area contributed by atoms with Gasteiger partial charge in [0.15, 0.2) is 0 Å². The Morgan fingerprint density at radius 2 is 2.35 bits per heavy atom. The average molecular weight is 233 g/mol. The molecule has 2 atom stereocenters. The molecule has 1 N–H and O–H groups in total. The van der Waals surface area contributed by atoms with Crippen molar-refractivity contribution in [3.05, 3.63) is 18.2 Å². The zero-order valence-corrected chi connectivity index (χ0v) is 10.2. The molecule has 1 aromatic heterocycles. The summed E-state index contributed by atoms with van der Waals surface area (Å²) >= 11 is 0. The third-order valence-corrected chi connectivity index (χ3v) is 3.77. The van der Waals surface area contributed by atoms with E-state index in [-0.39, 0.29) is 0 Å². The lowest BCUT2D eigenvalue weighted by molar-refractivity contribution is 0.0253. The van der Waals surface area contributed by atoms with Crippen molar-refractivity contribution in [1.29, 1.82) is 0 Å². The van der Waals surface area contributed by atoms with Crippen molar-refractivity contribution in [3.8, 4) is 0 Å². The molecule has 2 heterocycles. The first-order valence-electron chi connectivity index (χ1n) is 6.41. The molecule has 92 valence electrons. The van der Waals surface area contributed by atoms with Crippen LogP contribution in [-0.2, 0) is 4.74 Å². The highest BCUT2D eigenvalue weighted by molar-refractivity contribution is 5.48. The molecule has 2 unspecified atom stereocenters. The number of ether oxygens (including phenoxy) is 1. The predicted molar refractivity (Wildman–Crippen MR) is 68.5 cm³/mol. The van der Waals surface area contributed by atoms with E-state index in [2.05, 4.69) is 27.3 Å². The standard InChI is InChI=1S/C13H19N3O/c1-14-12-6-3-7-13(15-12)16-8-9-17-11-5-2-4-10(11)16/h3,6-7,10-11H,2,4-5,8-9H2,1H3,(H,14,15). The highest BCUT2D eigenvalue weighted by Crippen LogP contribution is 2.32. The summed E-state index contributed by atoms with van der Waals surface area (Å²) < 4.78 is 5.83. The van der Waals surface area contributed by atoms with Gasteiger partial charge in [-0.1, -0.05) is 6.07 Å². The van der Waals surface area contributed by atoms with Crippen LogP contribution in [0.5, 0.6) is 0 Å². The van der Waals surface area contributed by atoms with Gasteiger partial charge in [0.1, 0.15) is 11.6 Å². The molecule has 2 aliphatic rings. The summed E-state index contributed by atoms with van der Waals surface area (Å²) in [6.07, 6.45) is 4.13. The Labute approximate surface area is 102 Å². The largest absolute Gasteiger partial charge is 0.374 e. The van der Waals surface area contributed by atoms with Crippen LogP contribution < -0.4 is 10.2 Å². The van der Waals surface area contributed by atoms with Gasteiger partial charge in [-0.15, -0.1) is 0 Å². The van der Waals surface area contributed by atoms with E-state index in [1.807, 2.05) is 13.1 Å². The zero-order valence-electron chi connectivity index (χ0n) is 10.2. The Hall–Kier alpha value is -1.29. The number of morpholine rings is 1. The van der Waals surface area contributed by atoms with E-state index in [1.54, 1.807) is 0 Å². The molecule has 4 nitrogen and oxygen atoms in total. The van der Waals surface area contributed by atoms with Crippen molar-refractivity contribution >= 4 is 11.6 Å². The fourth-order valence-electron chi connectivity index (χ4n) is 2.93. The topological polar surface area (TPSA) is 37.4 Å². The Balaban J connectivity index is 1.86. The van der Waals surface area contributed by atoms with Crippen molar-refractivity contribution in [3.63, 3.8) is 0 Å². The number of hydrogen-bond acceptors (Lipinski definition) is 4. The van der Waals surface area contributed by atoms with Gasteiger partial charge in [0, 0.05) is 13.6 Å². The van der Waals surface area contributed by atoms with Crippen LogP contribution in [-0.4, -0.2) is 37.3 Å². The van der Waals surface area contributed by atoms with Gasteiger partial charge in [0.2, 0.25) is 0 Å². The molecule has 1 aliphatic heterocycles. The number of rotatable bonds is 2. The van der Waals surface area contributed by atoms with Crippen LogP contribution in [0.2, 0.25) is 0 Å². The first-order valence-corrected chi connectivity index (χ1v) is 6.41. The van der Waals surface area contributed by atoms with E-state index >= 15 is 0 Å².